The molecule has 3 aromatic rings. The van der Waals surface area contributed by atoms with Crippen LogP contribution in [-0.4, -0.2) is 26.0 Å². The Balaban J connectivity index is 1.64. The predicted octanol–water partition coefficient (Wildman–Crippen LogP) is 1.77. The van der Waals surface area contributed by atoms with Gasteiger partial charge in [-0.05, 0) is 6.92 Å². The summed E-state index contributed by atoms with van der Waals surface area (Å²) in [4.78, 5) is 24.2. The molecule has 2 heterocycles. The summed E-state index contributed by atoms with van der Waals surface area (Å²) in [6.45, 7) is 1.94. The Morgan fingerprint density at radius 2 is 2.00 bits per heavy atom. The quantitative estimate of drug-likeness (QED) is 0.788. The highest BCUT2D eigenvalue weighted by atomic mass is 16.5. The molecular weight excluding hydrogens is 282 g/mol. The first-order valence-electron chi connectivity index (χ1n) is 6.67. The average Bonchev–Trinajstić information content (AvgIpc) is 3.03. The molecule has 0 bridgehead atoms. The third-order valence-corrected chi connectivity index (χ3v) is 2.91. The summed E-state index contributed by atoms with van der Waals surface area (Å²) < 4.78 is 5.11. The number of nitrogens with zero attached hydrogens (tertiary/aromatic N) is 4. The smallest absolute Gasteiger partial charge is 0.271 e. The summed E-state index contributed by atoms with van der Waals surface area (Å²) >= 11 is 0. The number of rotatable bonds is 4. The fourth-order valence-corrected chi connectivity index (χ4v) is 1.79. The minimum absolute atomic E-state index is 0.133. The molecule has 3 rings (SSSR count). The lowest BCUT2D eigenvalue weighted by Crippen LogP contribution is -2.24. The zero-order valence-electron chi connectivity index (χ0n) is 11.9. The molecule has 1 N–H and O–H groups in total. The standard InChI is InChI=1S/C15H13N5O2/c1-10-7-17-12(8-16-10)15(21)18-9-13-19-14(20-22-13)11-5-3-2-4-6-11/h2-8H,9H2,1H3,(H,18,21). The number of benzene rings is 1. The van der Waals surface area contributed by atoms with Gasteiger partial charge in [0.1, 0.15) is 5.69 Å². The zero-order chi connectivity index (χ0) is 15.4. The molecule has 0 saturated carbocycles. The molecule has 0 radical (unpaired) electrons. The first-order chi connectivity index (χ1) is 10.7. The Morgan fingerprint density at radius 3 is 2.73 bits per heavy atom. The Bertz CT molecular complexity index is 768. The van der Waals surface area contributed by atoms with Crippen LogP contribution in [0.25, 0.3) is 11.4 Å². The van der Waals surface area contributed by atoms with Crippen molar-refractivity contribution in [3.8, 4) is 11.4 Å². The van der Waals surface area contributed by atoms with Crippen molar-refractivity contribution in [3.05, 3.63) is 60.0 Å². The lowest BCUT2D eigenvalue weighted by molar-refractivity contribution is 0.0941. The maximum atomic E-state index is 11.9. The van der Waals surface area contributed by atoms with Gasteiger partial charge in [-0.15, -0.1) is 0 Å². The van der Waals surface area contributed by atoms with Crippen molar-refractivity contribution in [2.45, 2.75) is 13.5 Å². The molecule has 0 atom stereocenters. The first kappa shape index (κ1) is 13.9. The van der Waals surface area contributed by atoms with Gasteiger partial charge in [0.2, 0.25) is 11.7 Å². The number of amides is 1. The van der Waals surface area contributed by atoms with Crippen molar-refractivity contribution >= 4 is 5.91 Å². The van der Waals surface area contributed by atoms with E-state index < -0.39 is 0 Å². The maximum Gasteiger partial charge on any atom is 0.271 e. The Morgan fingerprint density at radius 1 is 1.18 bits per heavy atom. The van der Waals surface area contributed by atoms with E-state index in [-0.39, 0.29) is 18.1 Å². The second-order valence-electron chi connectivity index (χ2n) is 4.60. The normalized spacial score (nSPS) is 10.4. The lowest BCUT2D eigenvalue weighted by Gasteiger charge is -2.01. The van der Waals surface area contributed by atoms with Crippen LogP contribution in [0.4, 0.5) is 0 Å². The average molecular weight is 295 g/mol. The molecule has 0 saturated heterocycles. The second kappa shape index (κ2) is 6.13. The Hall–Kier alpha value is -3.09. The number of aryl methyl sites for hydroxylation is 1. The van der Waals surface area contributed by atoms with Gasteiger partial charge < -0.3 is 9.84 Å². The fraction of sp³-hybridized carbons (Fsp3) is 0.133. The maximum absolute atomic E-state index is 11.9. The Labute approximate surface area is 126 Å². The van der Waals surface area contributed by atoms with Crippen molar-refractivity contribution < 1.29 is 9.32 Å². The topological polar surface area (TPSA) is 93.8 Å². The van der Waals surface area contributed by atoms with Gasteiger partial charge in [0.15, 0.2) is 0 Å². The molecule has 0 spiro atoms. The third-order valence-electron chi connectivity index (χ3n) is 2.91. The van der Waals surface area contributed by atoms with E-state index in [1.54, 1.807) is 6.92 Å². The van der Waals surface area contributed by atoms with Gasteiger partial charge >= 0.3 is 0 Å². The molecule has 0 aliphatic carbocycles. The molecule has 1 amide bonds. The van der Waals surface area contributed by atoms with Gasteiger partial charge in [0.25, 0.3) is 5.91 Å². The molecular formula is C15H13N5O2. The van der Waals surface area contributed by atoms with E-state index in [0.29, 0.717) is 11.7 Å². The van der Waals surface area contributed by atoms with Gasteiger partial charge in [0, 0.05) is 11.8 Å². The van der Waals surface area contributed by atoms with Crippen LogP contribution in [0, 0.1) is 6.92 Å². The molecule has 7 heteroatoms. The number of aromatic nitrogens is 4. The lowest BCUT2D eigenvalue weighted by atomic mass is 10.2. The van der Waals surface area contributed by atoms with Crippen LogP contribution in [0.1, 0.15) is 22.1 Å². The van der Waals surface area contributed by atoms with E-state index >= 15 is 0 Å². The fourth-order valence-electron chi connectivity index (χ4n) is 1.79. The van der Waals surface area contributed by atoms with E-state index in [4.69, 9.17) is 4.52 Å². The van der Waals surface area contributed by atoms with E-state index in [2.05, 4.69) is 25.4 Å². The van der Waals surface area contributed by atoms with Crippen LogP contribution in [0.2, 0.25) is 0 Å². The summed E-state index contributed by atoms with van der Waals surface area (Å²) in [5.74, 6) is 0.471. The van der Waals surface area contributed by atoms with E-state index in [9.17, 15) is 4.79 Å². The minimum Gasteiger partial charge on any atom is -0.342 e. The molecule has 7 nitrogen and oxygen atoms in total. The van der Waals surface area contributed by atoms with Crippen molar-refractivity contribution in [1.29, 1.82) is 0 Å². The van der Waals surface area contributed by atoms with Crippen molar-refractivity contribution in [1.82, 2.24) is 25.4 Å². The predicted molar refractivity (Wildman–Crippen MR) is 77.7 cm³/mol. The van der Waals surface area contributed by atoms with Crippen LogP contribution < -0.4 is 5.32 Å². The second-order valence-corrected chi connectivity index (χ2v) is 4.60. The van der Waals surface area contributed by atoms with E-state index in [0.717, 1.165) is 11.3 Å². The number of carbonyl (C=O) groups excluding carboxylic acids is 1. The summed E-state index contributed by atoms with van der Waals surface area (Å²) in [5, 5.41) is 6.55. The van der Waals surface area contributed by atoms with Crippen molar-refractivity contribution in [2.75, 3.05) is 0 Å². The molecule has 1 aromatic carbocycles. The van der Waals surface area contributed by atoms with Gasteiger partial charge in [-0.1, -0.05) is 35.5 Å². The molecule has 22 heavy (non-hydrogen) atoms. The number of hydrogen-bond acceptors (Lipinski definition) is 6. The van der Waals surface area contributed by atoms with Crippen LogP contribution >= 0.6 is 0 Å². The number of nitrogens with one attached hydrogen (secondary N) is 1. The minimum atomic E-state index is -0.341. The van der Waals surface area contributed by atoms with Crippen LogP contribution in [-0.2, 0) is 6.54 Å². The summed E-state index contributed by atoms with van der Waals surface area (Å²) in [5.41, 5.74) is 1.85. The molecule has 0 fully saturated rings. The number of carbonyl (C=O) groups is 1. The number of hydrogen-bond donors (Lipinski definition) is 1. The summed E-state index contributed by atoms with van der Waals surface area (Å²) in [6, 6.07) is 9.46. The third kappa shape index (κ3) is 3.14. The molecule has 0 unspecified atom stereocenters. The van der Waals surface area contributed by atoms with Crippen LogP contribution in [0.15, 0.2) is 47.2 Å². The van der Waals surface area contributed by atoms with Gasteiger partial charge in [0.05, 0.1) is 18.4 Å². The highest BCUT2D eigenvalue weighted by Crippen LogP contribution is 2.14. The van der Waals surface area contributed by atoms with Gasteiger partial charge in [-0.25, -0.2) is 4.98 Å². The van der Waals surface area contributed by atoms with Gasteiger partial charge in [-0.2, -0.15) is 4.98 Å². The first-order valence-corrected chi connectivity index (χ1v) is 6.67. The SMILES string of the molecule is Cc1cnc(C(=O)NCc2nc(-c3ccccc3)no2)cn1. The van der Waals surface area contributed by atoms with E-state index in [1.165, 1.54) is 12.4 Å². The van der Waals surface area contributed by atoms with Crippen molar-refractivity contribution in [3.63, 3.8) is 0 Å². The molecule has 0 aliphatic heterocycles. The highest BCUT2D eigenvalue weighted by molar-refractivity contribution is 5.91. The van der Waals surface area contributed by atoms with Crippen LogP contribution in [0.3, 0.4) is 0 Å². The largest absolute Gasteiger partial charge is 0.342 e. The van der Waals surface area contributed by atoms with Crippen molar-refractivity contribution in [2.24, 2.45) is 0 Å². The summed E-state index contributed by atoms with van der Waals surface area (Å²) in [6.07, 6.45) is 2.96. The highest BCUT2D eigenvalue weighted by Gasteiger charge is 2.11. The van der Waals surface area contributed by atoms with E-state index in [1.807, 2.05) is 30.3 Å². The van der Waals surface area contributed by atoms with Gasteiger partial charge in [-0.3, -0.25) is 9.78 Å². The Kier molecular flexibility index (Phi) is 3.86. The zero-order valence-corrected chi connectivity index (χ0v) is 11.9. The molecule has 110 valence electrons. The molecule has 0 aliphatic rings. The summed E-state index contributed by atoms with van der Waals surface area (Å²) in [7, 11) is 0. The monoisotopic (exact) mass is 295 g/mol. The molecule has 2 aromatic heterocycles. The van der Waals surface area contributed by atoms with Crippen LogP contribution in [0.5, 0.6) is 0 Å².